The summed E-state index contributed by atoms with van der Waals surface area (Å²) in [6, 6.07) is 3.76. The molecule has 3 aliphatic rings. The number of nitrogens with zero attached hydrogens (tertiary/aromatic N) is 4. The summed E-state index contributed by atoms with van der Waals surface area (Å²) in [5.74, 6) is 0.519. The Morgan fingerprint density at radius 3 is 2.76 bits per heavy atom. The Morgan fingerprint density at radius 2 is 2.00 bits per heavy atom. The summed E-state index contributed by atoms with van der Waals surface area (Å²) in [5, 5.41) is 17.8. The van der Waals surface area contributed by atoms with Gasteiger partial charge >= 0.3 is 5.97 Å². The van der Waals surface area contributed by atoms with E-state index in [1.165, 1.54) is 6.20 Å². The van der Waals surface area contributed by atoms with Gasteiger partial charge in [-0.25, -0.2) is 19.9 Å². The summed E-state index contributed by atoms with van der Waals surface area (Å²) >= 11 is 7.69. The number of aromatic nitrogens is 5. The van der Waals surface area contributed by atoms with Gasteiger partial charge in [-0.15, -0.1) is 0 Å². The van der Waals surface area contributed by atoms with Gasteiger partial charge in [-0.3, -0.25) is 4.79 Å². The van der Waals surface area contributed by atoms with Crippen molar-refractivity contribution >= 4 is 45.9 Å². The van der Waals surface area contributed by atoms with E-state index in [1.807, 2.05) is 22.9 Å². The molecule has 8 nitrogen and oxygen atoms in total. The van der Waals surface area contributed by atoms with E-state index in [0.29, 0.717) is 39.4 Å². The molecule has 0 spiro atoms. The lowest BCUT2D eigenvalue weighted by atomic mass is 9.61. The number of rotatable bonds is 5. The van der Waals surface area contributed by atoms with Crippen LogP contribution < -0.4 is 5.32 Å². The van der Waals surface area contributed by atoms with Gasteiger partial charge in [0, 0.05) is 29.2 Å². The Labute approximate surface area is 198 Å². The third kappa shape index (κ3) is 3.65. The number of hydrogen-bond acceptors (Lipinski definition) is 7. The average molecular weight is 481 g/mol. The molecule has 3 saturated carbocycles. The van der Waals surface area contributed by atoms with Gasteiger partial charge < -0.3 is 15.4 Å². The topological polar surface area (TPSA) is 117 Å². The summed E-state index contributed by atoms with van der Waals surface area (Å²) < 4.78 is 0. The van der Waals surface area contributed by atoms with Crippen molar-refractivity contribution < 1.29 is 9.90 Å². The molecule has 2 bridgehead atoms. The first kappa shape index (κ1) is 20.6. The van der Waals surface area contributed by atoms with Crippen molar-refractivity contribution in [2.45, 2.75) is 31.7 Å². The van der Waals surface area contributed by atoms with E-state index in [0.717, 1.165) is 36.9 Å². The zero-order valence-electron chi connectivity index (χ0n) is 17.5. The van der Waals surface area contributed by atoms with Gasteiger partial charge in [0.1, 0.15) is 16.5 Å². The summed E-state index contributed by atoms with van der Waals surface area (Å²) in [4.78, 5) is 33.5. The highest BCUT2D eigenvalue weighted by atomic mass is 35.5. The molecule has 2 atom stereocenters. The highest BCUT2D eigenvalue weighted by Crippen LogP contribution is 2.46. The van der Waals surface area contributed by atoms with Crippen LogP contribution >= 0.6 is 22.9 Å². The van der Waals surface area contributed by atoms with E-state index < -0.39 is 11.9 Å². The molecule has 3 fully saturated rings. The van der Waals surface area contributed by atoms with Crippen molar-refractivity contribution in [1.82, 2.24) is 24.9 Å². The van der Waals surface area contributed by atoms with E-state index in [4.69, 9.17) is 21.6 Å². The van der Waals surface area contributed by atoms with Crippen LogP contribution in [0.2, 0.25) is 5.15 Å². The van der Waals surface area contributed by atoms with Crippen LogP contribution in [0.5, 0.6) is 0 Å². The molecule has 0 unspecified atom stereocenters. The third-order valence-corrected chi connectivity index (χ3v) is 7.82. The highest BCUT2D eigenvalue weighted by molar-refractivity contribution is 7.08. The maximum Gasteiger partial charge on any atom is 0.308 e. The van der Waals surface area contributed by atoms with Crippen LogP contribution in [-0.4, -0.2) is 42.0 Å². The largest absolute Gasteiger partial charge is 0.481 e. The Morgan fingerprint density at radius 1 is 1.18 bits per heavy atom. The number of halogens is 1. The number of H-pyrrole nitrogens is 1. The van der Waals surface area contributed by atoms with E-state index in [9.17, 15) is 9.90 Å². The van der Waals surface area contributed by atoms with Gasteiger partial charge in [-0.2, -0.15) is 11.3 Å². The lowest BCUT2D eigenvalue weighted by Gasteiger charge is -2.47. The molecule has 0 aromatic carbocycles. The monoisotopic (exact) mass is 480 g/mol. The standard InChI is InChI=1S/C23H21ClN6O2S/c24-16-9-26-22-20(28-16)14(8-25-22)21-27-15(13-5-6-33-10-13)7-17(30-21)29-19-12-3-1-11(2-4-12)18(19)23(31)32/h5-12,18-19H,1-4H2,(H,25,26)(H,31,32)(H,27,29,30)/t11?,12?,18-,19-/m1/s1. The van der Waals surface area contributed by atoms with Gasteiger partial charge in [0.05, 0.1) is 23.4 Å². The summed E-state index contributed by atoms with van der Waals surface area (Å²) in [5.41, 5.74) is 3.64. The molecule has 0 aliphatic heterocycles. The molecule has 0 radical (unpaired) electrons. The Bertz CT molecular complexity index is 1330. The van der Waals surface area contributed by atoms with Crippen molar-refractivity contribution in [2.75, 3.05) is 5.32 Å². The first-order valence-electron chi connectivity index (χ1n) is 11.0. The van der Waals surface area contributed by atoms with Crippen LogP contribution in [0.25, 0.3) is 33.8 Å². The number of carboxylic acid groups (broad SMARTS) is 1. The first-order chi connectivity index (χ1) is 16.1. The highest BCUT2D eigenvalue weighted by Gasteiger charge is 2.47. The third-order valence-electron chi connectivity index (χ3n) is 6.95. The predicted molar refractivity (Wildman–Crippen MR) is 127 cm³/mol. The smallest absolute Gasteiger partial charge is 0.308 e. The van der Waals surface area contributed by atoms with Gasteiger partial charge in [-0.1, -0.05) is 11.6 Å². The lowest BCUT2D eigenvalue weighted by Crippen LogP contribution is -2.51. The maximum absolute atomic E-state index is 12.1. The number of aromatic amines is 1. The minimum absolute atomic E-state index is 0.148. The fraction of sp³-hybridized carbons (Fsp3) is 0.348. The second-order valence-corrected chi connectivity index (χ2v) is 9.94. The van der Waals surface area contributed by atoms with Crippen molar-refractivity contribution in [3.05, 3.63) is 40.4 Å². The minimum atomic E-state index is -0.726. The molecular formula is C23H21ClN6O2S. The number of carboxylic acids is 1. The fourth-order valence-electron chi connectivity index (χ4n) is 5.42. The number of anilines is 1. The van der Waals surface area contributed by atoms with Crippen molar-refractivity contribution in [1.29, 1.82) is 0 Å². The normalized spacial score (nSPS) is 24.3. The van der Waals surface area contributed by atoms with E-state index in [1.54, 1.807) is 17.5 Å². The average Bonchev–Trinajstić information content (AvgIpc) is 3.49. The van der Waals surface area contributed by atoms with Gasteiger partial charge in [0.2, 0.25) is 0 Å². The molecule has 4 heterocycles. The molecular weight excluding hydrogens is 460 g/mol. The number of hydrogen-bond donors (Lipinski definition) is 3. The molecule has 4 aromatic heterocycles. The zero-order chi connectivity index (χ0) is 22.5. The maximum atomic E-state index is 12.1. The number of fused-ring (bicyclic) bond motifs is 4. The summed E-state index contributed by atoms with van der Waals surface area (Å²) in [6.45, 7) is 0. The fourth-order valence-corrected chi connectivity index (χ4v) is 6.21. The number of aliphatic carboxylic acids is 1. The SMILES string of the molecule is O=C(O)[C@@H]1C2CCC(CC2)[C@H]1Nc1cc(-c2ccsc2)nc(-c2c[nH]c3ncc(Cl)nc23)n1. The summed E-state index contributed by atoms with van der Waals surface area (Å²) in [6.07, 6.45) is 7.35. The molecule has 0 saturated heterocycles. The lowest BCUT2D eigenvalue weighted by molar-refractivity contribution is -0.148. The van der Waals surface area contributed by atoms with Crippen LogP contribution in [0.15, 0.2) is 35.3 Å². The number of carbonyl (C=O) groups is 1. The predicted octanol–water partition coefficient (Wildman–Crippen LogP) is 5.10. The van der Waals surface area contributed by atoms with E-state index in [2.05, 4.69) is 20.3 Å². The first-order valence-corrected chi connectivity index (χ1v) is 12.3. The van der Waals surface area contributed by atoms with Gasteiger partial charge in [0.15, 0.2) is 11.5 Å². The van der Waals surface area contributed by atoms with Gasteiger partial charge in [-0.05, 0) is 49.0 Å². The quantitative estimate of drug-likeness (QED) is 0.364. The van der Waals surface area contributed by atoms with Gasteiger partial charge in [0.25, 0.3) is 0 Å². The Kier molecular flexibility index (Phi) is 5.03. The van der Waals surface area contributed by atoms with Crippen LogP contribution in [-0.2, 0) is 4.79 Å². The Hall–Kier alpha value is -3.04. The molecule has 4 aromatic rings. The second kappa shape index (κ2) is 8.07. The number of thiophene rings is 1. The molecule has 7 rings (SSSR count). The van der Waals surface area contributed by atoms with Crippen LogP contribution in [0.1, 0.15) is 25.7 Å². The van der Waals surface area contributed by atoms with Crippen molar-refractivity contribution in [2.24, 2.45) is 17.8 Å². The van der Waals surface area contributed by atoms with E-state index in [-0.39, 0.29) is 12.0 Å². The second-order valence-electron chi connectivity index (χ2n) is 8.78. The minimum Gasteiger partial charge on any atom is -0.481 e. The van der Waals surface area contributed by atoms with Crippen LogP contribution in [0.3, 0.4) is 0 Å². The molecule has 168 valence electrons. The molecule has 0 amide bonds. The van der Waals surface area contributed by atoms with E-state index >= 15 is 0 Å². The Balaban J connectivity index is 1.45. The van der Waals surface area contributed by atoms with Crippen molar-refractivity contribution in [3.63, 3.8) is 0 Å². The zero-order valence-corrected chi connectivity index (χ0v) is 19.1. The van der Waals surface area contributed by atoms with Crippen molar-refractivity contribution in [3.8, 4) is 22.6 Å². The van der Waals surface area contributed by atoms with Crippen LogP contribution in [0.4, 0.5) is 5.82 Å². The molecule has 3 N–H and O–H groups in total. The molecule has 10 heteroatoms. The number of nitrogens with one attached hydrogen (secondary N) is 2. The summed E-state index contributed by atoms with van der Waals surface area (Å²) in [7, 11) is 0. The van der Waals surface area contributed by atoms with Crippen LogP contribution in [0, 0.1) is 17.8 Å². The molecule has 3 aliphatic carbocycles. The molecule has 33 heavy (non-hydrogen) atoms.